The van der Waals surface area contributed by atoms with Crippen molar-refractivity contribution in [3.63, 3.8) is 0 Å². The lowest BCUT2D eigenvalue weighted by molar-refractivity contribution is -0.120. The lowest BCUT2D eigenvalue weighted by Gasteiger charge is -2.21. The van der Waals surface area contributed by atoms with E-state index >= 15 is 0 Å². The number of nitrogens with zero attached hydrogens (tertiary/aromatic N) is 1. The van der Waals surface area contributed by atoms with E-state index in [-0.39, 0.29) is 12.5 Å². The third-order valence-electron chi connectivity index (χ3n) is 3.54. The van der Waals surface area contributed by atoms with Gasteiger partial charge in [-0.15, -0.1) is 0 Å². The number of rotatable bonds is 6. The van der Waals surface area contributed by atoms with Crippen molar-refractivity contribution >= 4 is 23.2 Å². The Balaban J connectivity index is 1.84. The monoisotopic (exact) mass is 343 g/mol. The number of amides is 1. The molecule has 0 aliphatic rings. The van der Waals surface area contributed by atoms with E-state index < -0.39 is 12.1 Å². The molecule has 0 aliphatic carbocycles. The van der Waals surface area contributed by atoms with E-state index in [0.717, 1.165) is 5.69 Å². The highest BCUT2D eigenvalue weighted by Gasteiger charge is 2.18. The molecule has 2 rings (SSSR count). The van der Waals surface area contributed by atoms with Crippen LogP contribution in [0.1, 0.15) is 24.2 Å². The summed E-state index contributed by atoms with van der Waals surface area (Å²) in [5.41, 5.74) is 1.99. The molecule has 0 saturated heterocycles. The molecule has 2 unspecified atom stereocenters. The average molecular weight is 344 g/mol. The SMILES string of the molecule is CC(NC(=O)CNc1ccc(C#N)cc1)C(O)c1ccc(Cl)cc1. The number of aliphatic hydroxyl groups is 1. The van der Waals surface area contributed by atoms with Crippen LogP contribution >= 0.6 is 11.6 Å². The third-order valence-corrected chi connectivity index (χ3v) is 3.79. The molecule has 24 heavy (non-hydrogen) atoms. The van der Waals surface area contributed by atoms with Crippen molar-refractivity contribution in [2.75, 3.05) is 11.9 Å². The number of hydrogen-bond donors (Lipinski definition) is 3. The third kappa shape index (κ3) is 4.98. The Kier molecular flexibility index (Phi) is 6.19. The van der Waals surface area contributed by atoms with Crippen molar-refractivity contribution in [1.29, 1.82) is 5.26 Å². The molecule has 6 heteroatoms. The van der Waals surface area contributed by atoms with Crippen LogP contribution < -0.4 is 10.6 Å². The summed E-state index contributed by atoms with van der Waals surface area (Å²) in [5, 5.41) is 25.3. The van der Waals surface area contributed by atoms with Crippen molar-refractivity contribution < 1.29 is 9.90 Å². The van der Waals surface area contributed by atoms with Crippen LogP contribution in [0.3, 0.4) is 0 Å². The average Bonchev–Trinajstić information content (AvgIpc) is 2.60. The minimum atomic E-state index is -0.818. The van der Waals surface area contributed by atoms with Crippen molar-refractivity contribution in [3.05, 3.63) is 64.7 Å². The molecule has 2 aromatic rings. The van der Waals surface area contributed by atoms with Gasteiger partial charge in [-0.3, -0.25) is 4.79 Å². The second-order valence-electron chi connectivity index (χ2n) is 5.40. The first-order valence-electron chi connectivity index (χ1n) is 7.46. The zero-order chi connectivity index (χ0) is 17.5. The van der Waals surface area contributed by atoms with Crippen LogP contribution in [0, 0.1) is 11.3 Å². The van der Waals surface area contributed by atoms with Crippen LogP contribution in [0.25, 0.3) is 0 Å². The summed E-state index contributed by atoms with van der Waals surface area (Å²) >= 11 is 5.82. The fourth-order valence-electron chi connectivity index (χ4n) is 2.18. The van der Waals surface area contributed by atoms with Gasteiger partial charge in [-0.05, 0) is 48.9 Å². The Morgan fingerprint density at radius 2 is 1.83 bits per heavy atom. The van der Waals surface area contributed by atoms with Gasteiger partial charge >= 0.3 is 0 Å². The second-order valence-corrected chi connectivity index (χ2v) is 5.83. The van der Waals surface area contributed by atoms with E-state index in [2.05, 4.69) is 10.6 Å². The van der Waals surface area contributed by atoms with Crippen LogP contribution in [0.4, 0.5) is 5.69 Å². The highest BCUT2D eigenvalue weighted by atomic mass is 35.5. The van der Waals surface area contributed by atoms with E-state index in [4.69, 9.17) is 16.9 Å². The van der Waals surface area contributed by atoms with Crippen molar-refractivity contribution in [3.8, 4) is 6.07 Å². The molecular weight excluding hydrogens is 326 g/mol. The summed E-state index contributed by atoms with van der Waals surface area (Å²) < 4.78 is 0. The molecule has 124 valence electrons. The molecule has 0 aromatic heterocycles. The normalized spacial score (nSPS) is 12.8. The molecular formula is C18H18ClN3O2. The maximum Gasteiger partial charge on any atom is 0.239 e. The number of anilines is 1. The molecule has 2 aromatic carbocycles. The highest BCUT2D eigenvalue weighted by Crippen LogP contribution is 2.19. The molecule has 3 N–H and O–H groups in total. The minimum Gasteiger partial charge on any atom is -0.386 e. The van der Waals surface area contributed by atoms with E-state index in [1.807, 2.05) is 6.07 Å². The molecule has 0 bridgehead atoms. The summed E-state index contributed by atoms with van der Waals surface area (Å²) in [6.07, 6.45) is -0.818. The van der Waals surface area contributed by atoms with Gasteiger partial charge in [-0.2, -0.15) is 5.26 Å². The summed E-state index contributed by atoms with van der Waals surface area (Å²) in [5.74, 6) is -0.236. The van der Waals surface area contributed by atoms with E-state index in [1.165, 1.54) is 0 Å². The van der Waals surface area contributed by atoms with Gasteiger partial charge in [-0.1, -0.05) is 23.7 Å². The van der Waals surface area contributed by atoms with Gasteiger partial charge in [0.2, 0.25) is 5.91 Å². The van der Waals surface area contributed by atoms with Gasteiger partial charge in [0.05, 0.1) is 30.3 Å². The summed E-state index contributed by atoms with van der Waals surface area (Å²) in [6.45, 7) is 1.81. The second kappa shape index (κ2) is 8.34. The molecule has 0 heterocycles. The van der Waals surface area contributed by atoms with Crippen LogP contribution in [-0.2, 0) is 4.79 Å². The standard InChI is InChI=1S/C18H18ClN3O2/c1-12(18(24)14-4-6-15(19)7-5-14)22-17(23)11-21-16-8-2-13(10-20)3-9-16/h2-9,12,18,21,24H,11H2,1H3,(H,22,23). The predicted octanol–water partition coefficient (Wildman–Crippen LogP) is 2.86. The Morgan fingerprint density at radius 1 is 1.21 bits per heavy atom. The molecule has 0 saturated carbocycles. The molecule has 0 fully saturated rings. The van der Waals surface area contributed by atoms with Crippen molar-refractivity contribution in [1.82, 2.24) is 5.32 Å². The summed E-state index contributed by atoms with van der Waals surface area (Å²) in [4.78, 5) is 12.0. The fraction of sp³-hybridized carbons (Fsp3) is 0.222. The van der Waals surface area contributed by atoms with Crippen LogP contribution in [0.2, 0.25) is 5.02 Å². The largest absolute Gasteiger partial charge is 0.386 e. The number of hydrogen-bond acceptors (Lipinski definition) is 4. The van der Waals surface area contributed by atoms with Gasteiger partial charge in [0.25, 0.3) is 0 Å². The highest BCUT2D eigenvalue weighted by molar-refractivity contribution is 6.30. The zero-order valence-corrected chi connectivity index (χ0v) is 13.9. The number of aliphatic hydroxyl groups excluding tert-OH is 1. The summed E-state index contributed by atoms with van der Waals surface area (Å²) in [7, 11) is 0. The van der Waals surface area contributed by atoms with E-state index in [1.54, 1.807) is 55.5 Å². The lowest BCUT2D eigenvalue weighted by atomic mass is 10.0. The lowest BCUT2D eigenvalue weighted by Crippen LogP contribution is -2.40. The molecule has 5 nitrogen and oxygen atoms in total. The topological polar surface area (TPSA) is 85.2 Å². The molecule has 2 atom stereocenters. The van der Waals surface area contributed by atoms with Crippen molar-refractivity contribution in [2.24, 2.45) is 0 Å². The van der Waals surface area contributed by atoms with Gasteiger partial charge in [0.15, 0.2) is 0 Å². The first-order valence-corrected chi connectivity index (χ1v) is 7.84. The van der Waals surface area contributed by atoms with Crippen LogP contribution in [0.5, 0.6) is 0 Å². The number of nitriles is 1. The van der Waals surface area contributed by atoms with Crippen molar-refractivity contribution in [2.45, 2.75) is 19.1 Å². The zero-order valence-electron chi connectivity index (χ0n) is 13.2. The Bertz CT molecular complexity index is 723. The predicted molar refractivity (Wildman–Crippen MR) is 93.7 cm³/mol. The van der Waals surface area contributed by atoms with Gasteiger partial charge in [0, 0.05) is 10.7 Å². The number of benzene rings is 2. The Hall–Kier alpha value is -2.55. The molecule has 0 aliphatic heterocycles. The van der Waals surface area contributed by atoms with E-state index in [9.17, 15) is 9.90 Å². The molecule has 0 spiro atoms. The molecule has 0 radical (unpaired) electrons. The van der Waals surface area contributed by atoms with Gasteiger partial charge in [0.1, 0.15) is 0 Å². The van der Waals surface area contributed by atoms with Crippen LogP contribution in [-0.4, -0.2) is 23.6 Å². The number of carbonyl (C=O) groups excluding carboxylic acids is 1. The first kappa shape index (κ1) is 17.8. The minimum absolute atomic E-state index is 0.0730. The van der Waals surface area contributed by atoms with Crippen LogP contribution in [0.15, 0.2) is 48.5 Å². The number of nitrogens with one attached hydrogen (secondary N) is 2. The Labute approximate surface area is 145 Å². The number of carbonyl (C=O) groups is 1. The Morgan fingerprint density at radius 3 is 2.42 bits per heavy atom. The van der Waals surface area contributed by atoms with E-state index in [0.29, 0.717) is 16.1 Å². The summed E-state index contributed by atoms with van der Waals surface area (Å²) in [6, 6.07) is 15.3. The quantitative estimate of drug-likeness (QED) is 0.753. The first-order chi connectivity index (χ1) is 11.5. The maximum atomic E-state index is 12.0. The van der Waals surface area contributed by atoms with Gasteiger partial charge < -0.3 is 15.7 Å². The smallest absolute Gasteiger partial charge is 0.239 e. The fourth-order valence-corrected chi connectivity index (χ4v) is 2.30. The molecule has 1 amide bonds. The van der Waals surface area contributed by atoms with Gasteiger partial charge in [-0.25, -0.2) is 0 Å². The number of halogens is 1. The maximum absolute atomic E-state index is 12.0.